The monoisotopic (exact) mass is 540 g/mol. The topological polar surface area (TPSA) is 115 Å². The highest BCUT2D eigenvalue weighted by Crippen LogP contribution is 2.37. The molecular weight excluding hydrogens is 528 g/mol. The average molecular weight is 541 g/mol. The van der Waals surface area contributed by atoms with Crippen molar-refractivity contribution in [2.45, 2.75) is 6.04 Å². The maximum Gasteiger partial charge on any atom is 0.249 e. The fourth-order valence-electron chi connectivity index (χ4n) is 3.76. The summed E-state index contributed by atoms with van der Waals surface area (Å²) in [5, 5.41) is 27.2. The first-order valence-corrected chi connectivity index (χ1v) is 11.3. The minimum absolute atomic E-state index is 0.107. The number of benzene rings is 2. The summed E-state index contributed by atoms with van der Waals surface area (Å²) < 4.78 is 40.8. The molecule has 0 unspecified atom stereocenters. The number of hydrogen-bond donors (Lipinski definition) is 3. The van der Waals surface area contributed by atoms with E-state index in [1.165, 1.54) is 30.6 Å². The fourth-order valence-corrected chi connectivity index (χ4v) is 4.30. The zero-order valence-electron chi connectivity index (χ0n) is 18.4. The van der Waals surface area contributed by atoms with Gasteiger partial charge >= 0.3 is 0 Å². The maximum atomic E-state index is 13.8. The van der Waals surface area contributed by atoms with Crippen LogP contribution >= 0.6 is 23.2 Å². The zero-order chi connectivity index (χ0) is 26.1. The second-order valence-electron chi connectivity index (χ2n) is 7.77. The van der Waals surface area contributed by atoms with E-state index in [1.807, 2.05) is 6.07 Å². The number of rotatable bonds is 6. The molecule has 13 heteroatoms. The van der Waals surface area contributed by atoms with Gasteiger partial charge in [-0.1, -0.05) is 29.3 Å². The minimum Gasteiger partial charge on any atom is -0.373 e. The van der Waals surface area contributed by atoms with Gasteiger partial charge < -0.3 is 10.6 Å². The molecule has 0 radical (unpaired) electrons. The predicted octanol–water partition coefficient (Wildman–Crippen LogP) is 6.29. The molecule has 0 saturated heterocycles. The van der Waals surface area contributed by atoms with Crippen LogP contribution < -0.4 is 10.6 Å². The summed E-state index contributed by atoms with van der Waals surface area (Å²) in [6.07, 6.45) is 3.89. The lowest BCUT2D eigenvalue weighted by Crippen LogP contribution is -2.14. The SMILES string of the molecule is N#Cc1cnc2c(Cl)cc(N[C@H](c3cn[nH]n3)c3ccc(F)cc3Cl)cc2c1Nc1cnc(F)c(F)c1. The Kier molecular flexibility index (Phi) is 6.52. The summed E-state index contributed by atoms with van der Waals surface area (Å²) in [7, 11) is 0. The molecule has 184 valence electrons. The summed E-state index contributed by atoms with van der Waals surface area (Å²) >= 11 is 12.9. The normalized spacial score (nSPS) is 11.8. The number of halogens is 5. The van der Waals surface area contributed by atoms with E-state index in [-0.39, 0.29) is 27.0 Å². The molecule has 0 bridgehead atoms. The van der Waals surface area contributed by atoms with Gasteiger partial charge in [0.25, 0.3) is 0 Å². The molecule has 8 nitrogen and oxygen atoms in total. The molecule has 5 aromatic rings. The number of nitriles is 1. The van der Waals surface area contributed by atoms with E-state index in [1.54, 1.807) is 12.1 Å². The van der Waals surface area contributed by atoms with E-state index >= 15 is 0 Å². The number of nitrogens with one attached hydrogen (secondary N) is 3. The van der Waals surface area contributed by atoms with Crippen molar-refractivity contribution in [2.75, 3.05) is 10.6 Å². The molecule has 0 aliphatic carbocycles. The Labute approximate surface area is 217 Å². The molecule has 0 amide bonds. The van der Waals surface area contributed by atoms with Gasteiger partial charge in [0, 0.05) is 28.4 Å². The van der Waals surface area contributed by atoms with E-state index in [0.717, 1.165) is 12.3 Å². The van der Waals surface area contributed by atoms with Crippen molar-refractivity contribution in [3.8, 4) is 6.07 Å². The van der Waals surface area contributed by atoms with Crippen LogP contribution in [0.25, 0.3) is 10.9 Å². The second-order valence-corrected chi connectivity index (χ2v) is 8.59. The molecule has 0 aliphatic heterocycles. The van der Waals surface area contributed by atoms with E-state index in [9.17, 15) is 18.4 Å². The largest absolute Gasteiger partial charge is 0.373 e. The highest BCUT2D eigenvalue weighted by atomic mass is 35.5. The van der Waals surface area contributed by atoms with Crippen LogP contribution in [0.15, 0.2) is 55.0 Å². The van der Waals surface area contributed by atoms with Gasteiger partial charge in [-0.05, 0) is 29.8 Å². The van der Waals surface area contributed by atoms with Gasteiger partial charge in [0.1, 0.15) is 17.6 Å². The highest BCUT2D eigenvalue weighted by Gasteiger charge is 2.22. The first-order chi connectivity index (χ1) is 17.8. The van der Waals surface area contributed by atoms with Crippen molar-refractivity contribution in [3.05, 3.63) is 99.4 Å². The van der Waals surface area contributed by atoms with E-state index in [4.69, 9.17) is 23.2 Å². The van der Waals surface area contributed by atoms with Gasteiger partial charge in [-0.3, -0.25) is 4.98 Å². The fraction of sp³-hybridized carbons (Fsp3) is 0.0417. The summed E-state index contributed by atoms with van der Waals surface area (Å²) in [4.78, 5) is 7.64. The van der Waals surface area contributed by atoms with Crippen molar-refractivity contribution >= 4 is 51.2 Å². The van der Waals surface area contributed by atoms with Gasteiger partial charge in [0.2, 0.25) is 5.95 Å². The number of aromatic amines is 1. The van der Waals surface area contributed by atoms with Gasteiger partial charge in [-0.25, -0.2) is 13.8 Å². The van der Waals surface area contributed by atoms with Gasteiger partial charge in [-0.15, -0.1) is 0 Å². The first kappa shape index (κ1) is 24.3. The Bertz CT molecular complexity index is 1670. The Morgan fingerprint density at radius 2 is 1.78 bits per heavy atom. The molecule has 37 heavy (non-hydrogen) atoms. The Balaban J connectivity index is 1.63. The molecule has 1 atom stereocenters. The summed E-state index contributed by atoms with van der Waals surface area (Å²) in [6.45, 7) is 0. The summed E-state index contributed by atoms with van der Waals surface area (Å²) in [5.41, 5.74) is 2.28. The minimum atomic E-state index is -1.25. The van der Waals surface area contributed by atoms with Crippen LogP contribution in [-0.2, 0) is 0 Å². The molecule has 0 saturated carbocycles. The van der Waals surface area contributed by atoms with Gasteiger partial charge in [-0.2, -0.15) is 25.1 Å². The Morgan fingerprint density at radius 3 is 2.49 bits per heavy atom. The number of fused-ring (bicyclic) bond motifs is 1. The molecule has 3 heterocycles. The highest BCUT2D eigenvalue weighted by molar-refractivity contribution is 6.36. The lowest BCUT2D eigenvalue weighted by molar-refractivity contribution is 0.480. The van der Waals surface area contributed by atoms with Gasteiger partial charge in [0.15, 0.2) is 5.82 Å². The molecule has 3 N–H and O–H groups in total. The molecule has 5 rings (SSSR count). The van der Waals surface area contributed by atoms with Crippen molar-refractivity contribution in [1.29, 1.82) is 5.26 Å². The number of nitrogens with zero attached hydrogens (tertiary/aromatic N) is 5. The van der Waals surface area contributed by atoms with Crippen LogP contribution in [0.1, 0.15) is 22.9 Å². The quantitative estimate of drug-likeness (QED) is 0.217. The summed E-state index contributed by atoms with van der Waals surface area (Å²) in [6, 6.07) is 9.51. The average Bonchev–Trinajstić information content (AvgIpc) is 3.40. The molecular formula is C24H13Cl2F3N8. The first-order valence-electron chi connectivity index (χ1n) is 10.5. The predicted molar refractivity (Wildman–Crippen MR) is 132 cm³/mol. The lowest BCUT2D eigenvalue weighted by atomic mass is 10.0. The molecule has 3 aromatic heterocycles. The van der Waals surface area contributed by atoms with E-state index < -0.39 is 23.6 Å². The third kappa shape index (κ3) is 4.84. The smallest absolute Gasteiger partial charge is 0.249 e. The number of pyridine rings is 2. The Morgan fingerprint density at radius 1 is 0.946 bits per heavy atom. The van der Waals surface area contributed by atoms with Crippen molar-refractivity contribution < 1.29 is 13.2 Å². The van der Waals surface area contributed by atoms with Crippen molar-refractivity contribution in [1.82, 2.24) is 25.4 Å². The number of hydrogen-bond acceptors (Lipinski definition) is 7. The number of H-pyrrole nitrogens is 1. The third-order valence-corrected chi connectivity index (χ3v) is 6.04. The molecule has 0 fully saturated rings. The van der Waals surface area contributed by atoms with Crippen LogP contribution in [0.5, 0.6) is 0 Å². The van der Waals surface area contributed by atoms with Crippen LogP contribution in [-0.4, -0.2) is 25.4 Å². The molecule has 0 spiro atoms. The molecule has 0 aliphatic rings. The van der Waals surface area contributed by atoms with Crippen molar-refractivity contribution in [3.63, 3.8) is 0 Å². The third-order valence-electron chi connectivity index (χ3n) is 5.42. The second kappa shape index (κ2) is 9.93. The van der Waals surface area contributed by atoms with E-state index in [0.29, 0.717) is 27.8 Å². The number of aromatic nitrogens is 5. The maximum absolute atomic E-state index is 13.8. The van der Waals surface area contributed by atoms with E-state index in [2.05, 4.69) is 36.0 Å². The number of anilines is 3. The molecule has 2 aromatic carbocycles. The lowest BCUT2D eigenvalue weighted by Gasteiger charge is -2.21. The van der Waals surface area contributed by atoms with Crippen LogP contribution in [0.4, 0.5) is 30.2 Å². The Hall–Kier alpha value is -4.40. The van der Waals surface area contributed by atoms with Crippen molar-refractivity contribution in [2.24, 2.45) is 0 Å². The summed E-state index contributed by atoms with van der Waals surface area (Å²) in [5.74, 6) is -2.91. The van der Waals surface area contributed by atoms with Crippen LogP contribution in [0.2, 0.25) is 10.0 Å². The standard InChI is InChI=1S/C24H13Cl2F3N8/c25-17-3-12(27)1-2-15(17)23(20-10-33-37-36-20)34-13-4-16-21(35-14-6-19(28)24(29)32-9-14)11(7-30)8-31-22(16)18(26)5-13/h1-6,8-10,23,34H,(H,31,35)(H,33,36,37)/t23-/m0/s1. The zero-order valence-corrected chi connectivity index (χ0v) is 19.9. The van der Waals surface area contributed by atoms with Crippen LogP contribution in [0.3, 0.4) is 0 Å². The van der Waals surface area contributed by atoms with Crippen LogP contribution in [0, 0.1) is 28.9 Å². The van der Waals surface area contributed by atoms with Gasteiger partial charge in [0.05, 0.1) is 45.9 Å².